The van der Waals surface area contributed by atoms with Crippen LogP contribution < -0.4 is 0 Å². The molecule has 26 heavy (non-hydrogen) atoms. The van der Waals surface area contributed by atoms with Gasteiger partial charge in [0.05, 0.1) is 18.4 Å². The molecule has 3 atom stereocenters. The summed E-state index contributed by atoms with van der Waals surface area (Å²) >= 11 is 1.60. The monoisotopic (exact) mass is 363 g/mol. The second kappa shape index (κ2) is 5.45. The number of fused-ring (bicyclic) bond motifs is 3. The van der Waals surface area contributed by atoms with Gasteiger partial charge in [-0.1, -0.05) is 72.4 Å². The third-order valence-corrected chi connectivity index (χ3v) is 7.02. The van der Waals surface area contributed by atoms with Gasteiger partial charge in [0.2, 0.25) is 11.8 Å². The lowest BCUT2D eigenvalue weighted by atomic mass is 9.88. The van der Waals surface area contributed by atoms with Crippen LogP contribution in [0, 0.1) is 11.8 Å². The van der Waals surface area contributed by atoms with Crippen LogP contribution in [-0.2, 0) is 14.5 Å². The maximum atomic E-state index is 13.0. The first-order valence-corrected chi connectivity index (χ1v) is 9.42. The summed E-state index contributed by atoms with van der Waals surface area (Å²) in [5.41, 5.74) is 2.05. The number of likely N-dealkylation sites (tertiary alicyclic amines) is 1. The van der Waals surface area contributed by atoms with E-state index in [1.807, 2.05) is 65.7 Å². The number of hydrogen-bond donors (Lipinski definition) is 0. The Morgan fingerprint density at radius 2 is 1.65 bits per heavy atom. The van der Waals surface area contributed by atoms with Crippen LogP contribution in [0.4, 0.5) is 0 Å². The summed E-state index contributed by atoms with van der Waals surface area (Å²) in [5.74, 6) is -0.955. The quantitative estimate of drug-likeness (QED) is 0.770. The lowest BCUT2D eigenvalue weighted by Crippen LogP contribution is -2.42. The van der Waals surface area contributed by atoms with Crippen LogP contribution in [-0.4, -0.2) is 40.4 Å². The molecule has 0 unspecified atom stereocenters. The fraction of sp³-hybridized carbons (Fsp3) is 0.250. The minimum Gasteiger partial charge on any atom is -0.285 e. The van der Waals surface area contributed by atoms with Crippen molar-refractivity contribution < 1.29 is 9.59 Å². The van der Waals surface area contributed by atoms with Crippen LogP contribution >= 0.6 is 11.8 Å². The highest BCUT2D eigenvalue weighted by Gasteiger charge is 2.67. The van der Waals surface area contributed by atoms with Crippen molar-refractivity contribution in [1.29, 1.82) is 0 Å². The fourth-order valence-corrected chi connectivity index (χ4v) is 5.81. The number of hydrazone groups is 1. The van der Waals surface area contributed by atoms with E-state index in [1.165, 1.54) is 4.90 Å². The molecule has 2 amide bonds. The average Bonchev–Trinajstić information content (AvgIpc) is 3.27. The Morgan fingerprint density at radius 1 is 1.00 bits per heavy atom. The van der Waals surface area contributed by atoms with E-state index in [-0.39, 0.29) is 17.7 Å². The number of hydrogen-bond acceptors (Lipinski definition) is 5. The van der Waals surface area contributed by atoms with E-state index in [0.717, 1.165) is 16.2 Å². The van der Waals surface area contributed by atoms with Gasteiger partial charge in [0.1, 0.15) is 9.91 Å². The smallest absolute Gasteiger partial charge is 0.236 e. The van der Waals surface area contributed by atoms with Gasteiger partial charge >= 0.3 is 0 Å². The summed E-state index contributed by atoms with van der Waals surface area (Å²) in [7, 11) is 1.59. The molecule has 2 fully saturated rings. The molecule has 2 aromatic rings. The highest BCUT2D eigenvalue weighted by atomic mass is 32.2. The Balaban J connectivity index is 1.66. The third kappa shape index (κ3) is 1.90. The summed E-state index contributed by atoms with van der Waals surface area (Å²) in [5, 5.41) is 7.69. The SMILES string of the molecule is CN1C(=O)[C@H]2CN3N=C(c4ccccc4)S[C@@]3(c3ccccc3)[C@H]2C1=O. The predicted molar refractivity (Wildman–Crippen MR) is 100 cm³/mol. The van der Waals surface area contributed by atoms with Crippen molar-refractivity contribution in [2.45, 2.75) is 4.87 Å². The summed E-state index contributed by atoms with van der Waals surface area (Å²) in [6.07, 6.45) is 0. The summed E-state index contributed by atoms with van der Waals surface area (Å²) in [6, 6.07) is 20.0. The first-order chi connectivity index (χ1) is 12.6. The summed E-state index contributed by atoms with van der Waals surface area (Å²) in [4.78, 5) is 26.2. The third-order valence-electron chi connectivity index (χ3n) is 5.49. The maximum Gasteiger partial charge on any atom is 0.236 e. The van der Waals surface area contributed by atoms with Gasteiger partial charge in [-0.05, 0) is 5.56 Å². The van der Waals surface area contributed by atoms with Crippen molar-refractivity contribution in [2.24, 2.45) is 16.9 Å². The average molecular weight is 363 g/mol. The molecule has 130 valence electrons. The second-order valence-corrected chi connectivity index (χ2v) is 8.05. The predicted octanol–water partition coefficient (Wildman–Crippen LogP) is 2.49. The lowest BCUT2D eigenvalue weighted by molar-refractivity contribution is -0.139. The Kier molecular flexibility index (Phi) is 3.28. The van der Waals surface area contributed by atoms with Crippen LogP contribution in [0.15, 0.2) is 65.8 Å². The van der Waals surface area contributed by atoms with E-state index >= 15 is 0 Å². The van der Waals surface area contributed by atoms with Crippen molar-refractivity contribution in [3.8, 4) is 0 Å². The van der Waals surface area contributed by atoms with Crippen LogP contribution in [0.2, 0.25) is 0 Å². The Hall–Kier alpha value is -2.60. The first-order valence-electron chi connectivity index (χ1n) is 8.60. The fourth-order valence-electron chi connectivity index (χ4n) is 4.26. The number of nitrogens with zero attached hydrogens (tertiary/aromatic N) is 3. The van der Waals surface area contributed by atoms with E-state index in [9.17, 15) is 9.59 Å². The van der Waals surface area contributed by atoms with Gasteiger partial charge < -0.3 is 0 Å². The molecule has 0 N–H and O–H groups in total. The Labute approximate surface area is 155 Å². The van der Waals surface area contributed by atoms with E-state index in [1.54, 1.807) is 18.8 Å². The zero-order chi connectivity index (χ0) is 17.9. The molecule has 0 spiro atoms. The molecule has 0 saturated carbocycles. The van der Waals surface area contributed by atoms with Gasteiger partial charge in [-0.25, -0.2) is 0 Å². The van der Waals surface area contributed by atoms with Gasteiger partial charge in [-0.2, -0.15) is 5.10 Å². The number of amides is 2. The van der Waals surface area contributed by atoms with Gasteiger partial charge in [-0.15, -0.1) is 0 Å². The second-order valence-electron chi connectivity index (χ2n) is 6.84. The van der Waals surface area contributed by atoms with Crippen molar-refractivity contribution in [2.75, 3.05) is 13.6 Å². The zero-order valence-electron chi connectivity index (χ0n) is 14.2. The van der Waals surface area contributed by atoms with Crippen molar-refractivity contribution >= 4 is 28.6 Å². The van der Waals surface area contributed by atoms with Crippen LogP contribution in [0.1, 0.15) is 11.1 Å². The highest BCUT2D eigenvalue weighted by molar-refractivity contribution is 8.15. The van der Waals surface area contributed by atoms with Crippen LogP contribution in [0.3, 0.4) is 0 Å². The van der Waals surface area contributed by atoms with E-state index in [4.69, 9.17) is 5.10 Å². The van der Waals surface area contributed by atoms with E-state index < -0.39 is 10.8 Å². The minimum absolute atomic E-state index is 0.0956. The van der Waals surface area contributed by atoms with Crippen molar-refractivity contribution in [3.05, 3.63) is 71.8 Å². The van der Waals surface area contributed by atoms with E-state index in [0.29, 0.717) is 6.54 Å². The molecule has 6 heteroatoms. The molecular weight excluding hydrogens is 346 g/mol. The standard InChI is InChI=1S/C20H17N3O2S/c1-22-18(24)15-12-23-20(16(15)19(22)25,14-10-6-3-7-11-14)26-17(21-23)13-8-4-2-5-9-13/h2-11,15-16H,12H2,1H3/t15-,16+,20-/m0/s1. The van der Waals surface area contributed by atoms with Gasteiger partial charge in [0.25, 0.3) is 0 Å². The van der Waals surface area contributed by atoms with Crippen LogP contribution in [0.5, 0.6) is 0 Å². The molecule has 3 aliphatic rings. The summed E-state index contributed by atoms with van der Waals surface area (Å²) in [6.45, 7) is 0.470. The lowest BCUT2D eigenvalue weighted by Gasteiger charge is -2.34. The zero-order valence-corrected chi connectivity index (χ0v) is 15.0. The van der Waals surface area contributed by atoms with Gasteiger partial charge in [0.15, 0.2) is 0 Å². The van der Waals surface area contributed by atoms with Gasteiger partial charge in [-0.3, -0.25) is 19.5 Å². The van der Waals surface area contributed by atoms with Crippen LogP contribution in [0.25, 0.3) is 0 Å². The molecule has 5 rings (SSSR count). The number of rotatable bonds is 2. The van der Waals surface area contributed by atoms with Gasteiger partial charge in [0, 0.05) is 12.6 Å². The topological polar surface area (TPSA) is 53.0 Å². The van der Waals surface area contributed by atoms with Crippen molar-refractivity contribution in [3.63, 3.8) is 0 Å². The largest absolute Gasteiger partial charge is 0.285 e. The molecule has 0 aromatic heterocycles. The normalized spacial score (nSPS) is 29.8. The van der Waals surface area contributed by atoms with Crippen molar-refractivity contribution in [1.82, 2.24) is 9.91 Å². The molecule has 2 aromatic carbocycles. The number of carbonyl (C=O) groups is 2. The molecule has 5 nitrogen and oxygen atoms in total. The Bertz CT molecular complexity index is 931. The number of carbonyl (C=O) groups excluding carboxylic acids is 2. The van der Waals surface area contributed by atoms with E-state index in [2.05, 4.69) is 0 Å². The minimum atomic E-state index is -0.658. The summed E-state index contributed by atoms with van der Waals surface area (Å²) < 4.78 is 0. The highest BCUT2D eigenvalue weighted by Crippen LogP contribution is 2.60. The maximum absolute atomic E-state index is 13.0. The number of thioether (sulfide) groups is 1. The number of imide groups is 1. The molecule has 3 heterocycles. The molecule has 2 saturated heterocycles. The molecule has 3 aliphatic heterocycles. The Morgan fingerprint density at radius 3 is 2.35 bits per heavy atom. The molecular formula is C20H17N3O2S. The first kappa shape index (κ1) is 15.6. The molecule has 0 bridgehead atoms. The molecule has 0 radical (unpaired) electrons. The number of benzene rings is 2. The molecule has 0 aliphatic carbocycles.